The quantitative estimate of drug-likeness (QED) is 0.366. The van der Waals surface area contributed by atoms with Crippen LogP contribution in [-0.2, 0) is 9.05 Å². The molecular weight excluding hydrogens is 281 g/mol. The molecule has 0 heterocycles. The minimum absolute atomic E-state index is 0.203. The zero-order valence-electron chi connectivity index (χ0n) is 7.38. The molecule has 0 aromatic heterocycles. The van der Waals surface area contributed by atoms with Gasteiger partial charge in [0, 0.05) is 16.7 Å². The molecule has 0 N–H and O–H groups in total. The highest BCUT2D eigenvalue weighted by atomic mass is 35.7. The molecule has 0 spiro atoms. The van der Waals surface area contributed by atoms with Gasteiger partial charge in [-0.2, -0.15) is 0 Å². The number of nitrogens with zero attached hydrogens (tertiary/aromatic N) is 1. The van der Waals surface area contributed by atoms with Crippen molar-refractivity contribution in [3.05, 3.63) is 32.8 Å². The molecule has 0 aliphatic rings. The molecule has 0 bridgehead atoms. The second-order valence-electron chi connectivity index (χ2n) is 2.65. The van der Waals surface area contributed by atoms with Gasteiger partial charge in [0.25, 0.3) is 14.7 Å². The molecule has 0 fully saturated rings. The lowest BCUT2D eigenvalue weighted by atomic mass is 10.2. The maximum absolute atomic E-state index is 11.0. The third-order valence-corrected chi connectivity index (χ3v) is 3.45. The fourth-order valence-electron chi connectivity index (χ4n) is 0.997. The fourth-order valence-corrected chi connectivity index (χ4v) is 2.52. The summed E-state index contributed by atoms with van der Waals surface area (Å²) in [7, 11) is 0.818. The number of hydrogen-bond acceptors (Lipinski definition) is 5. The Morgan fingerprint density at radius 1 is 1.38 bits per heavy atom. The van der Waals surface area contributed by atoms with Crippen LogP contribution in [0.25, 0.3) is 0 Å². The number of hydrogen-bond donors (Lipinski definition) is 0. The SMILES string of the molecule is O=Cc1cc(Cl)c(S(=O)(=O)Cl)cc1[N+](=O)[O-]. The molecule has 1 rings (SSSR count). The summed E-state index contributed by atoms with van der Waals surface area (Å²) >= 11 is 5.52. The summed E-state index contributed by atoms with van der Waals surface area (Å²) < 4.78 is 22.0. The minimum atomic E-state index is -4.19. The van der Waals surface area contributed by atoms with Crippen molar-refractivity contribution < 1.29 is 18.1 Å². The number of benzene rings is 1. The van der Waals surface area contributed by atoms with Gasteiger partial charge in [-0.3, -0.25) is 14.9 Å². The normalized spacial score (nSPS) is 11.1. The lowest BCUT2D eigenvalue weighted by Gasteiger charge is -2.01. The third kappa shape index (κ3) is 2.49. The average Bonchev–Trinajstić information content (AvgIpc) is 2.14. The topological polar surface area (TPSA) is 94.3 Å². The van der Waals surface area contributed by atoms with Gasteiger partial charge in [0.2, 0.25) is 0 Å². The molecule has 0 atom stereocenters. The smallest absolute Gasteiger partial charge is 0.281 e. The fraction of sp³-hybridized carbons (Fsp3) is 0. The van der Waals surface area contributed by atoms with Crippen LogP contribution in [0.2, 0.25) is 5.02 Å². The Kier molecular flexibility index (Phi) is 3.51. The lowest BCUT2D eigenvalue weighted by Crippen LogP contribution is -1.99. The van der Waals surface area contributed by atoms with Crippen molar-refractivity contribution in [2.75, 3.05) is 0 Å². The summed E-state index contributed by atoms with van der Waals surface area (Å²) in [5.41, 5.74) is -0.988. The molecule has 9 heteroatoms. The Hall–Kier alpha value is -1.18. The summed E-state index contributed by atoms with van der Waals surface area (Å²) in [5, 5.41) is 10.2. The Labute approximate surface area is 99.3 Å². The third-order valence-electron chi connectivity index (χ3n) is 1.67. The average molecular weight is 284 g/mol. The number of aldehydes is 1. The number of rotatable bonds is 3. The monoisotopic (exact) mass is 283 g/mol. The van der Waals surface area contributed by atoms with Gasteiger partial charge in [-0.05, 0) is 6.07 Å². The first-order valence-corrected chi connectivity index (χ1v) is 6.34. The van der Waals surface area contributed by atoms with Crippen molar-refractivity contribution in [1.29, 1.82) is 0 Å². The maximum Gasteiger partial charge on any atom is 0.281 e. The van der Waals surface area contributed by atoms with E-state index in [1.807, 2.05) is 0 Å². The number of nitro groups is 1. The Morgan fingerprint density at radius 3 is 2.31 bits per heavy atom. The van der Waals surface area contributed by atoms with Gasteiger partial charge in [0.05, 0.1) is 15.5 Å². The summed E-state index contributed by atoms with van der Waals surface area (Å²) in [6.45, 7) is 0. The highest BCUT2D eigenvalue weighted by Gasteiger charge is 2.23. The van der Waals surface area contributed by atoms with Crippen molar-refractivity contribution in [2.24, 2.45) is 0 Å². The first-order valence-electron chi connectivity index (χ1n) is 3.65. The molecule has 0 aliphatic heterocycles. The van der Waals surface area contributed by atoms with Crippen LogP contribution in [-0.4, -0.2) is 19.6 Å². The van der Waals surface area contributed by atoms with Gasteiger partial charge in [-0.1, -0.05) is 11.6 Å². The zero-order valence-corrected chi connectivity index (χ0v) is 9.71. The zero-order chi connectivity index (χ0) is 12.5. The van der Waals surface area contributed by atoms with E-state index >= 15 is 0 Å². The summed E-state index contributed by atoms with van der Waals surface area (Å²) in [6.07, 6.45) is 0.203. The van der Waals surface area contributed by atoms with Crippen LogP contribution >= 0.6 is 22.3 Å². The van der Waals surface area contributed by atoms with E-state index < -0.39 is 24.6 Å². The van der Waals surface area contributed by atoms with Crippen molar-refractivity contribution in [1.82, 2.24) is 0 Å². The van der Waals surface area contributed by atoms with Gasteiger partial charge in [-0.15, -0.1) is 0 Å². The van der Waals surface area contributed by atoms with E-state index in [1.54, 1.807) is 0 Å². The molecule has 0 radical (unpaired) electrons. The molecule has 16 heavy (non-hydrogen) atoms. The molecule has 1 aromatic rings. The van der Waals surface area contributed by atoms with Crippen LogP contribution in [0.4, 0.5) is 5.69 Å². The van der Waals surface area contributed by atoms with Crippen LogP contribution in [0.1, 0.15) is 10.4 Å². The van der Waals surface area contributed by atoms with Gasteiger partial charge in [0.15, 0.2) is 6.29 Å². The van der Waals surface area contributed by atoms with E-state index in [0.29, 0.717) is 6.07 Å². The van der Waals surface area contributed by atoms with Gasteiger partial charge in [-0.25, -0.2) is 8.42 Å². The van der Waals surface area contributed by atoms with Crippen molar-refractivity contribution in [3.63, 3.8) is 0 Å². The van der Waals surface area contributed by atoms with Crippen molar-refractivity contribution in [3.8, 4) is 0 Å². The van der Waals surface area contributed by atoms with Gasteiger partial charge >= 0.3 is 0 Å². The largest absolute Gasteiger partial charge is 0.298 e. The van der Waals surface area contributed by atoms with E-state index in [1.165, 1.54) is 0 Å². The van der Waals surface area contributed by atoms with Crippen molar-refractivity contribution >= 4 is 43.3 Å². The van der Waals surface area contributed by atoms with E-state index in [0.717, 1.165) is 6.07 Å². The van der Waals surface area contributed by atoms with E-state index in [9.17, 15) is 23.3 Å². The Morgan fingerprint density at radius 2 is 1.94 bits per heavy atom. The summed E-state index contributed by atoms with van der Waals surface area (Å²) in [5.74, 6) is 0. The van der Waals surface area contributed by atoms with Crippen molar-refractivity contribution in [2.45, 2.75) is 4.90 Å². The molecule has 1 aromatic carbocycles. The second-order valence-corrected chi connectivity index (χ2v) is 5.60. The molecule has 86 valence electrons. The molecule has 0 saturated carbocycles. The number of carbonyl (C=O) groups excluding carboxylic acids is 1. The van der Waals surface area contributed by atoms with Crippen LogP contribution in [0.5, 0.6) is 0 Å². The predicted octanol–water partition coefficient (Wildman–Crippen LogP) is 1.99. The molecule has 0 amide bonds. The Balaban J connectivity index is 3.64. The molecule has 0 unspecified atom stereocenters. The van der Waals surface area contributed by atoms with Crippen LogP contribution in [0, 0.1) is 10.1 Å². The standard InChI is InChI=1S/C7H3Cl2NO5S/c8-5-1-4(3-11)6(10(12)13)2-7(5)16(9,14)15/h1-3H. The Bertz CT molecular complexity index is 568. The number of carbonyl (C=O) groups is 1. The van der Waals surface area contributed by atoms with E-state index in [4.69, 9.17) is 22.3 Å². The van der Waals surface area contributed by atoms with E-state index in [2.05, 4.69) is 0 Å². The molecule has 0 aliphatic carbocycles. The van der Waals surface area contributed by atoms with E-state index in [-0.39, 0.29) is 16.9 Å². The van der Waals surface area contributed by atoms with Crippen LogP contribution in [0.3, 0.4) is 0 Å². The number of halogens is 2. The number of nitro benzene ring substituents is 1. The predicted molar refractivity (Wildman–Crippen MR) is 56.5 cm³/mol. The first-order chi connectivity index (χ1) is 7.27. The molecular formula is C7H3Cl2NO5S. The summed E-state index contributed by atoms with van der Waals surface area (Å²) in [6, 6.07) is 1.52. The maximum atomic E-state index is 11.0. The highest BCUT2D eigenvalue weighted by Crippen LogP contribution is 2.31. The van der Waals surface area contributed by atoms with Crippen LogP contribution in [0.15, 0.2) is 17.0 Å². The minimum Gasteiger partial charge on any atom is -0.298 e. The lowest BCUT2D eigenvalue weighted by molar-refractivity contribution is -0.385. The van der Waals surface area contributed by atoms with Gasteiger partial charge in [0.1, 0.15) is 4.90 Å². The second kappa shape index (κ2) is 4.36. The molecule has 6 nitrogen and oxygen atoms in total. The first kappa shape index (κ1) is 12.9. The van der Waals surface area contributed by atoms with Crippen LogP contribution < -0.4 is 0 Å². The van der Waals surface area contributed by atoms with Gasteiger partial charge < -0.3 is 0 Å². The summed E-state index contributed by atoms with van der Waals surface area (Å²) in [4.78, 5) is 19.5. The highest BCUT2D eigenvalue weighted by molar-refractivity contribution is 8.13. The molecule has 0 saturated heterocycles.